The number of fused-ring (bicyclic) bond motifs is 3. The molecule has 0 aliphatic rings. The lowest BCUT2D eigenvalue weighted by Gasteiger charge is -2.19. The topological polar surface area (TPSA) is 12.4 Å². The van der Waals surface area contributed by atoms with E-state index in [-0.39, 0.29) is 0 Å². The van der Waals surface area contributed by atoms with Gasteiger partial charge in [0.15, 0.2) is 0 Å². The van der Waals surface area contributed by atoms with Gasteiger partial charge in [-0.3, -0.25) is 4.99 Å². The Bertz CT molecular complexity index is 1790. The second kappa shape index (κ2) is 9.72. The lowest BCUT2D eigenvalue weighted by atomic mass is 9.84. The van der Waals surface area contributed by atoms with Crippen LogP contribution in [0.5, 0.6) is 0 Å². The summed E-state index contributed by atoms with van der Waals surface area (Å²) in [6.45, 7) is 5.64. The first kappa shape index (κ1) is 22.7. The first-order chi connectivity index (χ1) is 18.3. The van der Waals surface area contributed by atoms with E-state index in [1.807, 2.05) is 6.08 Å². The number of hydrogen-bond acceptors (Lipinski definition) is 1. The summed E-state index contributed by atoms with van der Waals surface area (Å²) in [5, 5.41) is 7.57. The molecule has 0 N–H and O–H groups in total. The molecule has 0 saturated carbocycles. The lowest BCUT2D eigenvalue weighted by molar-refractivity contribution is 1.56. The van der Waals surface area contributed by atoms with Crippen molar-refractivity contribution in [3.8, 4) is 22.3 Å². The van der Waals surface area contributed by atoms with Crippen molar-refractivity contribution in [3.05, 3.63) is 139 Å². The van der Waals surface area contributed by atoms with Crippen molar-refractivity contribution in [3.63, 3.8) is 0 Å². The van der Waals surface area contributed by atoms with Gasteiger partial charge in [0.05, 0.1) is 0 Å². The minimum atomic E-state index is 1.12. The second-order valence-electron chi connectivity index (χ2n) is 9.19. The average molecular weight is 474 g/mol. The Balaban J connectivity index is 1.71. The normalized spacial score (nSPS) is 12.1. The van der Waals surface area contributed by atoms with Gasteiger partial charge in [-0.25, -0.2) is 0 Å². The second-order valence-corrected chi connectivity index (χ2v) is 9.19. The van der Waals surface area contributed by atoms with Crippen LogP contribution in [-0.2, 0) is 0 Å². The highest BCUT2D eigenvalue weighted by Gasteiger charge is 2.17. The van der Waals surface area contributed by atoms with Gasteiger partial charge in [0.2, 0.25) is 0 Å². The van der Waals surface area contributed by atoms with Gasteiger partial charge in [-0.15, -0.1) is 0 Å². The first-order valence-corrected chi connectivity index (χ1v) is 12.6. The zero-order valence-electron chi connectivity index (χ0n) is 20.9. The van der Waals surface area contributed by atoms with Crippen LogP contribution in [0.1, 0.15) is 12.5 Å². The molecule has 0 aliphatic heterocycles. The fourth-order valence-corrected chi connectivity index (χ4v) is 5.52. The molecule has 0 fully saturated rings. The summed E-state index contributed by atoms with van der Waals surface area (Å²) in [5.41, 5.74) is 7.30. The van der Waals surface area contributed by atoms with Crippen molar-refractivity contribution in [2.24, 2.45) is 4.99 Å². The Labute approximate surface area is 217 Å². The lowest BCUT2D eigenvalue weighted by Crippen LogP contribution is -1.92. The predicted molar refractivity (Wildman–Crippen MR) is 162 cm³/mol. The molecule has 1 nitrogen and oxygen atoms in total. The smallest absolute Gasteiger partial charge is 0.0266 e. The summed E-state index contributed by atoms with van der Waals surface area (Å²) in [6.07, 6.45) is 5.86. The largest absolute Gasteiger partial charge is 0.272 e. The van der Waals surface area contributed by atoms with Crippen molar-refractivity contribution < 1.29 is 0 Å². The molecule has 0 spiro atoms. The molecule has 0 bridgehead atoms. The van der Waals surface area contributed by atoms with E-state index in [0.29, 0.717) is 0 Å². The molecule has 0 radical (unpaired) electrons. The molecule has 6 aromatic rings. The van der Waals surface area contributed by atoms with E-state index in [1.165, 1.54) is 54.6 Å². The SMILES string of the molecule is C=N/C=C\C(=C/C)c1cccc(-c2c3ccccc3c(-c3cccc4ccccc34)c3ccccc23)c1. The molecule has 6 rings (SSSR count). The Kier molecular flexibility index (Phi) is 5.96. The minimum absolute atomic E-state index is 1.12. The summed E-state index contributed by atoms with van der Waals surface area (Å²) in [7, 11) is 0. The number of allylic oxidation sites excluding steroid dienone is 3. The average Bonchev–Trinajstić information content (AvgIpc) is 2.96. The van der Waals surface area contributed by atoms with Crippen LogP contribution in [0.3, 0.4) is 0 Å². The van der Waals surface area contributed by atoms with Crippen LogP contribution in [0, 0.1) is 0 Å². The Morgan fingerprint density at radius 3 is 1.84 bits per heavy atom. The van der Waals surface area contributed by atoms with Crippen LogP contribution < -0.4 is 0 Å². The summed E-state index contributed by atoms with van der Waals surface area (Å²) >= 11 is 0. The molecule has 0 aromatic heterocycles. The molecule has 0 unspecified atom stereocenters. The predicted octanol–water partition coefficient (Wildman–Crippen LogP) is 10.1. The van der Waals surface area contributed by atoms with Crippen molar-refractivity contribution in [1.29, 1.82) is 0 Å². The van der Waals surface area contributed by atoms with Crippen LogP contribution >= 0.6 is 0 Å². The van der Waals surface area contributed by atoms with Gasteiger partial charge in [0.25, 0.3) is 0 Å². The molecule has 0 atom stereocenters. The summed E-state index contributed by atoms with van der Waals surface area (Å²) in [5.74, 6) is 0. The van der Waals surface area contributed by atoms with Crippen molar-refractivity contribution in [2.45, 2.75) is 6.92 Å². The number of nitrogens with zero attached hydrogens (tertiary/aromatic N) is 1. The molecular formula is C36H27N. The number of hydrogen-bond donors (Lipinski definition) is 0. The van der Waals surface area contributed by atoms with Gasteiger partial charge in [-0.2, -0.15) is 0 Å². The molecule has 6 aromatic carbocycles. The number of aliphatic imine (C=N–C) groups is 1. The fourth-order valence-electron chi connectivity index (χ4n) is 5.52. The van der Waals surface area contributed by atoms with E-state index in [9.17, 15) is 0 Å². The standard InChI is InChI=1S/C36H27N/c1-3-25(22-23-37-2)27-14-10-15-28(24-27)35-31-17-6-8-19-33(31)36(34-20-9-7-18-32(34)35)30-21-11-13-26-12-4-5-16-29(26)30/h3-24H,2H2,1H3/b23-22-,25-3+. The number of rotatable bonds is 5. The van der Waals surface area contributed by atoms with Crippen LogP contribution in [0.15, 0.2) is 139 Å². The molecule has 0 aliphatic carbocycles. The van der Waals surface area contributed by atoms with E-state index in [1.54, 1.807) is 6.20 Å². The zero-order valence-corrected chi connectivity index (χ0v) is 20.9. The highest BCUT2D eigenvalue weighted by atomic mass is 14.6. The molecule has 37 heavy (non-hydrogen) atoms. The molecule has 0 heterocycles. The third-order valence-electron chi connectivity index (χ3n) is 7.15. The third kappa shape index (κ3) is 3.95. The fraction of sp³-hybridized carbons (Fsp3) is 0.0278. The summed E-state index contributed by atoms with van der Waals surface area (Å²) < 4.78 is 0. The van der Waals surface area contributed by atoms with Gasteiger partial charge in [-0.1, -0.05) is 115 Å². The van der Waals surface area contributed by atoms with E-state index >= 15 is 0 Å². The highest BCUT2D eigenvalue weighted by molar-refractivity contribution is 6.23. The third-order valence-corrected chi connectivity index (χ3v) is 7.15. The molecule has 176 valence electrons. The quantitative estimate of drug-likeness (QED) is 0.134. The maximum Gasteiger partial charge on any atom is 0.0266 e. The highest BCUT2D eigenvalue weighted by Crippen LogP contribution is 2.45. The van der Waals surface area contributed by atoms with Crippen LogP contribution in [0.25, 0.3) is 60.1 Å². The maximum atomic E-state index is 3.90. The Morgan fingerprint density at radius 2 is 1.19 bits per heavy atom. The Morgan fingerprint density at radius 1 is 0.622 bits per heavy atom. The molecule has 0 saturated heterocycles. The Hall–Kier alpha value is -4.75. The van der Waals surface area contributed by atoms with E-state index < -0.39 is 0 Å². The number of benzene rings is 6. The summed E-state index contributed by atoms with van der Waals surface area (Å²) in [6, 6.07) is 41.7. The summed E-state index contributed by atoms with van der Waals surface area (Å²) in [4.78, 5) is 3.90. The van der Waals surface area contributed by atoms with Crippen LogP contribution in [0.4, 0.5) is 0 Å². The van der Waals surface area contributed by atoms with Crippen molar-refractivity contribution in [1.82, 2.24) is 0 Å². The van der Waals surface area contributed by atoms with Gasteiger partial charge in [-0.05, 0) is 91.5 Å². The maximum absolute atomic E-state index is 3.90. The first-order valence-electron chi connectivity index (χ1n) is 12.6. The van der Waals surface area contributed by atoms with Crippen molar-refractivity contribution in [2.75, 3.05) is 0 Å². The van der Waals surface area contributed by atoms with Gasteiger partial charge in [0.1, 0.15) is 0 Å². The van der Waals surface area contributed by atoms with E-state index in [4.69, 9.17) is 0 Å². The minimum Gasteiger partial charge on any atom is -0.272 e. The van der Waals surface area contributed by atoms with Gasteiger partial charge < -0.3 is 0 Å². The van der Waals surface area contributed by atoms with Gasteiger partial charge >= 0.3 is 0 Å². The molecule has 1 heteroatoms. The van der Waals surface area contributed by atoms with E-state index in [2.05, 4.69) is 140 Å². The van der Waals surface area contributed by atoms with Crippen LogP contribution in [-0.4, -0.2) is 6.72 Å². The molecule has 0 amide bonds. The zero-order chi connectivity index (χ0) is 25.2. The monoisotopic (exact) mass is 473 g/mol. The molecular weight excluding hydrogens is 446 g/mol. The van der Waals surface area contributed by atoms with Gasteiger partial charge in [0, 0.05) is 6.20 Å². The van der Waals surface area contributed by atoms with Crippen LogP contribution in [0.2, 0.25) is 0 Å². The van der Waals surface area contributed by atoms with E-state index in [0.717, 1.165) is 11.1 Å². The van der Waals surface area contributed by atoms with Crippen molar-refractivity contribution >= 4 is 44.6 Å².